The third-order valence-electron chi connectivity index (χ3n) is 4.60. The van der Waals surface area contributed by atoms with Crippen LogP contribution in [0.15, 0.2) is 59.2 Å². The van der Waals surface area contributed by atoms with Gasteiger partial charge in [-0.1, -0.05) is 18.2 Å². The molecule has 0 bridgehead atoms. The fourth-order valence-electron chi connectivity index (χ4n) is 3.26. The second-order valence-corrected chi connectivity index (χ2v) is 7.39. The molecular weight excluding hydrogens is 388 g/mol. The van der Waals surface area contributed by atoms with Gasteiger partial charge in [0.1, 0.15) is 23.2 Å². The van der Waals surface area contributed by atoms with Crippen molar-refractivity contribution < 1.29 is 0 Å². The molecular formula is C19H16N8OS. The number of nitrogens with one attached hydrogen (secondary N) is 1. The van der Waals surface area contributed by atoms with Gasteiger partial charge in [-0.2, -0.15) is 0 Å². The van der Waals surface area contributed by atoms with E-state index in [1.807, 2.05) is 48.7 Å². The van der Waals surface area contributed by atoms with Gasteiger partial charge in [0.05, 0.1) is 17.2 Å². The Morgan fingerprint density at radius 1 is 1.14 bits per heavy atom. The number of hydrogen-bond acceptors (Lipinski definition) is 8. The molecule has 0 radical (unpaired) electrons. The van der Waals surface area contributed by atoms with Crippen molar-refractivity contribution in [2.24, 2.45) is 0 Å². The van der Waals surface area contributed by atoms with E-state index in [9.17, 15) is 4.79 Å². The van der Waals surface area contributed by atoms with Crippen LogP contribution in [0.25, 0.3) is 27.1 Å². The van der Waals surface area contributed by atoms with E-state index in [1.165, 1.54) is 17.7 Å². The quantitative estimate of drug-likeness (QED) is 0.472. The molecule has 1 aromatic carbocycles. The van der Waals surface area contributed by atoms with Gasteiger partial charge < -0.3 is 11.2 Å². The number of nitrogens with two attached hydrogens (primary N) is 1. The van der Waals surface area contributed by atoms with E-state index in [0.29, 0.717) is 33.0 Å². The van der Waals surface area contributed by atoms with Crippen LogP contribution in [0.5, 0.6) is 0 Å². The minimum absolute atomic E-state index is 0.0955. The van der Waals surface area contributed by atoms with Crippen LogP contribution in [0.1, 0.15) is 18.8 Å². The van der Waals surface area contributed by atoms with Crippen LogP contribution in [0.2, 0.25) is 0 Å². The van der Waals surface area contributed by atoms with E-state index in [1.54, 1.807) is 15.6 Å². The Morgan fingerprint density at radius 2 is 1.97 bits per heavy atom. The van der Waals surface area contributed by atoms with Crippen molar-refractivity contribution in [1.82, 2.24) is 29.2 Å². The Balaban J connectivity index is 1.65. The summed E-state index contributed by atoms with van der Waals surface area (Å²) < 4.78 is 3.93. The Morgan fingerprint density at radius 3 is 2.79 bits per heavy atom. The van der Waals surface area contributed by atoms with Crippen LogP contribution >= 0.6 is 11.3 Å². The average Bonchev–Trinajstić information content (AvgIpc) is 3.37. The molecule has 4 heterocycles. The third kappa shape index (κ3) is 2.81. The van der Waals surface area contributed by atoms with Crippen molar-refractivity contribution in [3.63, 3.8) is 0 Å². The summed E-state index contributed by atoms with van der Waals surface area (Å²) in [5.41, 5.74) is 11.6. The van der Waals surface area contributed by atoms with Crippen LogP contribution in [0.3, 0.4) is 0 Å². The number of benzene rings is 1. The van der Waals surface area contributed by atoms with Gasteiger partial charge in [-0.3, -0.25) is 9.36 Å². The summed E-state index contributed by atoms with van der Waals surface area (Å²) >= 11 is 1.39. The summed E-state index contributed by atoms with van der Waals surface area (Å²) in [6.45, 7) is 1.93. The zero-order valence-corrected chi connectivity index (χ0v) is 16.2. The Hall–Kier alpha value is -3.79. The molecule has 3 N–H and O–H groups in total. The van der Waals surface area contributed by atoms with Gasteiger partial charge in [0, 0.05) is 0 Å². The number of para-hydroxylation sites is 1. The van der Waals surface area contributed by atoms with Gasteiger partial charge in [0.25, 0.3) is 5.56 Å². The molecule has 0 amide bonds. The highest BCUT2D eigenvalue weighted by Crippen LogP contribution is 2.22. The maximum absolute atomic E-state index is 13.2. The van der Waals surface area contributed by atoms with E-state index in [-0.39, 0.29) is 11.6 Å². The second-order valence-electron chi connectivity index (χ2n) is 6.48. The monoisotopic (exact) mass is 404 g/mol. The van der Waals surface area contributed by atoms with Gasteiger partial charge in [0.2, 0.25) is 0 Å². The first-order chi connectivity index (χ1) is 14.1. The molecule has 1 atom stereocenters. The molecule has 144 valence electrons. The van der Waals surface area contributed by atoms with Crippen molar-refractivity contribution in [3.8, 4) is 5.69 Å². The summed E-state index contributed by atoms with van der Waals surface area (Å²) in [6, 6.07) is 11.0. The topological polar surface area (TPSA) is 117 Å². The van der Waals surface area contributed by atoms with E-state index in [2.05, 4.69) is 20.4 Å². The number of anilines is 1. The Kier molecular flexibility index (Phi) is 3.98. The highest BCUT2D eigenvalue weighted by atomic mass is 32.1. The first kappa shape index (κ1) is 17.3. The molecule has 0 saturated heterocycles. The van der Waals surface area contributed by atoms with E-state index < -0.39 is 0 Å². The fourth-order valence-corrected chi connectivity index (χ4v) is 4.02. The minimum atomic E-state index is -0.333. The van der Waals surface area contributed by atoms with Crippen molar-refractivity contribution in [2.45, 2.75) is 13.0 Å². The molecule has 0 spiro atoms. The minimum Gasteiger partial charge on any atom is -0.382 e. The number of aromatic nitrogens is 6. The molecule has 0 aliphatic carbocycles. The zero-order valence-electron chi connectivity index (χ0n) is 15.4. The number of rotatable bonds is 4. The van der Waals surface area contributed by atoms with Crippen molar-refractivity contribution >= 4 is 38.5 Å². The molecule has 5 aromatic rings. The molecule has 0 saturated carbocycles. The number of hydrogen-bond donors (Lipinski definition) is 2. The normalized spacial score (nSPS) is 12.4. The fraction of sp³-hybridized carbons (Fsp3) is 0.105. The number of nitrogen functional groups attached to an aromatic ring is 1. The molecule has 1 unspecified atom stereocenters. The largest absolute Gasteiger partial charge is 0.382 e. The summed E-state index contributed by atoms with van der Waals surface area (Å²) in [5.74, 6) is 0.887. The van der Waals surface area contributed by atoms with E-state index in [0.717, 1.165) is 5.69 Å². The van der Waals surface area contributed by atoms with E-state index in [4.69, 9.17) is 10.7 Å². The van der Waals surface area contributed by atoms with Crippen molar-refractivity contribution in [2.75, 3.05) is 11.2 Å². The van der Waals surface area contributed by atoms with Gasteiger partial charge in [-0.25, -0.2) is 24.6 Å². The molecule has 10 heteroatoms. The maximum atomic E-state index is 13.2. The van der Waals surface area contributed by atoms with Crippen LogP contribution in [-0.4, -0.2) is 29.2 Å². The SMILES string of the molecule is CC(Nn1cnc2c(N)ncnc21)c1nc2ccsc2c(=O)n1-c1ccccc1. The lowest BCUT2D eigenvalue weighted by atomic mass is 10.2. The number of thiophene rings is 1. The smallest absolute Gasteiger partial charge is 0.276 e. The summed E-state index contributed by atoms with van der Waals surface area (Å²) in [5, 5.41) is 1.87. The predicted octanol–water partition coefficient (Wildman–Crippen LogP) is 2.47. The predicted molar refractivity (Wildman–Crippen MR) is 113 cm³/mol. The highest BCUT2D eigenvalue weighted by molar-refractivity contribution is 7.17. The molecule has 5 rings (SSSR count). The van der Waals surface area contributed by atoms with Crippen molar-refractivity contribution in [3.05, 3.63) is 70.6 Å². The highest BCUT2D eigenvalue weighted by Gasteiger charge is 2.20. The molecule has 29 heavy (non-hydrogen) atoms. The molecule has 4 aromatic heterocycles. The van der Waals surface area contributed by atoms with E-state index >= 15 is 0 Å². The van der Waals surface area contributed by atoms with Gasteiger partial charge >= 0.3 is 0 Å². The second kappa shape index (κ2) is 6.67. The summed E-state index contributed by atoms with van der Waals surface area (Å²) in [4.78, 5) is 30.5. The Labute approximate surface area is 168 Å². The lowest BCUT2D eigenvalue weighted by Gasteiger charge is -2.20. The Bertz CT molecular complexity index is 1390. The molecule has 0 fully saturated rings. The van der Waals surface area contributed by atoms with Crippen LogP contribution in [0.4, 0.5) is 5.82 Å². The lowest BCUT2D eigenvalue weighted by molar-refractivity contribution is 0.662. The maximum Gasteiger partial charge on any atom is 0.276 e. The lowest BCUT2D eigenvalue weighted by Crippen LogP contribution is -2.29. The molecule has 0 aliphatic heterocycles. The number of fused-ring (bicyclic) bond motifs is 2. The summed E-state index contributed by atoms with van der Waals surface area (Å²) in [7, 11) is 0. The standard InChI is InChI=1S/C19H16N8OS/c1-11(25-26-10-23-14-16(20)21-9-22-18(14)26)17-24-13-7-8-29-15(13)19(28)27(17)12-5-3-2-4-6-12/h2-11,25H,1H3,(H2,20,21,22). The summed E-state index contributed by atoms with van der Waals surface area (Å²) in [6.07, 6.45) is 2.97. The van der Waals surface area contributed by atoms with Crippen molar-refractivity contribution in [1.29, 1.82) is 0 Å². The zero-order chi connectivity index (χ0) is 20.0. The first-order valence-corrected chi connectivity index (χ1v) is 9.77. The van der Waals surface area contributed by atoms with Gasteiger partial charge in [-0.15, -0.1) is 11.3 Å². The van der Waals surface area contributed by atoms with Gasteiger partial charge in [0.15, 0.2) is 17.0 Å². The molecule has 0 aliphatic rings. The van der Waals surface area contributed by atoms with Gasteiger partial charge in [-0.05, 0) is 30.5 Å². The third-order valence-corrected chi connectivity index (χ3v) is 5.49. The average molecular weight is 404 g/mol. The first-order valence-electron chi connectivity index (χ1n) is 8.89. The number of imidazole rings is 1. The number of nitrogens with zero attached hydrogens (tertiary/aromatic N) is 6. The van der Waals surface area contributed by atoms with Crippen LogP contribution in [-0.2, 0) is 0 Å². The van der Waals surface area contributed by atoms with Crippen LogP contribution in [0, 0.1) is 0 Å². The van der Waals surface area contributed by atoms with Crippen LogP contribution < -0.4 is 16.7 Å². The molecule has 9 nitrogen and oxygen atoms in total.